The van der Waals surface area contributed by atoms with Crippen molar-refractivity contribution in [2.75, 3.05) is 0 Å². The molecule has 0 radical (unpaired) electrons. The zero-order valence-electron chi connectivity index (χ0n) is 7.60. The Morgan fingerprint density at radius 3 is 2.60 bits per heavy atom. The van der Waals surface area contributed by atoms with Crippen LogP contribution in [0.15, 0.2) is 6.20 Å². The van der Waals surface area contributed by atoms with Gasteiger partial charge in [-0.1, -0.05) is 15.9 Å². The standard InChI is InChI=1S/C8H7BrF3NO2/c1-4-3-13-5(2-9)6(14)7(4)15-8(10,11)12/h3,14H,2H2,1H3. The summed E-state index contributed by atoms with van der Waals surface area (Å²) in [4.78, 5) is 3.74. The van der Waals surface area contributed by atoms with Gasteiger partial charge in [-0.05, 0) is 6.92 Å². The second kappa shape index (κ2) is 4.26. The van der Waals surface area contributed by atoms with Crippen LogP contribution in [0.3, 0.4) is 0 Å². The van der Waals surface area contributed by atoms with Crippen LogP contribution in [0.4, 0.5) is 13.2 Å². The van der Waals surface area contributed by atoms with Crippen molar-refractivity contribution in [1.29, 1.82) is 0 Å². The Bertz CT molecular complexity index is 368. The van der Waals surface area contributed by atoms with Crippen LogP contribution in [0, 0.1) is 6.92 Å². The Morgan fingerprint density at radius 1 is 1.53 bits per heavy atom. The Balaban J connectivity index is 3.15. The fourth-order valence-electron chi connectivity index (χ4n) is 0.955. The van der Waals surface area contributed by atoms with Crippen LogP contribution in [0.1, 0.15) is 11.3 Å². The summed E-state index contributed by atoms with van der Waals surface area (Å²) in [7, 11) is 0. The average Bonchev–Trinajstić information content (AvgIpc) is 2.11. The number of alkyl halides is 4. The number of hydrogen-bond donors (Lipinski definition) is 1. The molecule has 84 valence electrons. The van der Waals surface area contributed by atoms with Crippen molar-refractivity contribution in [1.82, 2.24) is 4.98 Å². The highest BCUT2D eigenvalue weighted by Gasteiger charge is 2.33. The van der Waals surface area contributed by atoms with Crippen molar-refractivity contribution >= 4 is 15.9 Å². The lowest BCUT2D eigenvalue weighted by atomic mass is 10.2. The molecule has 3 nitrogen and oxygen atoms in total. The minimum Gasteiger partial charge on any atom is -0.503 e. The zero-order chi connectivity index (χ0) is 11.6. The molecular formula is C8H7BrF3NO2. The van der Waals surface area contributed by atoms with Gasteiger partial charge >= 0.3 is 6.36 Å². The van der Waals surface area contributed by atoms with E-state index in [1.54, 1.807) is 0 Å². The fraction of sp³-hybridized carbons (Fsp3) is 0.375. The molecule has 0 spiro atoms. The molecule has 0 aromatic carbocycles. The molecule has 0 saturated heterocycles. The maximum Gasteiger partial charge on any atom is 0.573 e. The van der Waals surface area contributed by atoms with Gasteiger partial charge in [0.25, 0.3) is 0 Å². The predicted octanol–water partition coefficient (Wildman–Crippen LogP) is 2.89. The largest absolute Gasteiger partial charge is 0.573 e. The maximum absolute atomic E-state index is 12.0. The van der Waals surface area contributed by atoms with Crippen LogP contribution >= 0.6 is 15.9 Å². The van der Waals surface area contributed by atoms with E-state index < -0.39 is 17.9 Å². The average molecular weight is 286 g/mol. The first-order chi connectivity index (χ1) is 6.85. The quantitative estimate of drug-likeness (QED) is 0.850. The van der Waals surface area contributed by atoms with E-state index in [1.165, 1.54) is 13.1 Å². The lowest BCUT2D eigenvalue weighted by Crippen LogP contribution is -2.18. The van der Waals surface area contributed by atoms with Gasteiger partial charge in [-0.15, -0.1) is 13.2 Å². The van der Waals surface area contributed by atoms with Crippen LogP contribution in [-0.2, 0) is 5.33 Å². The van der Waals surface area contributed by atoms with Crippen LogP contribution < -0.4 is 4.74 Å². The van der Waals surface area contributed by atoms with Crippen molar-refractivity contribution in [3.63, 3.8) is 0 Å². The smallest absolute Gasteiger partial charge is 0.503 e. The summed E-state index contributed by atoms with van der Waals surface area (Å²) >= 11 is 2.99. The summed E-state index contributed by atoms with van der Waals surface area (Å²) in [5, 5.41) is 9.56. The molecule has 7 heteroatoms. The molecule has 1 aromatic heterocycles. The number of aromatic nitrogens is 1. The minimum atomic E-state index is -4.83. The molecule has 0 aliphatic heterocycles. The third-order valence-electron chi connectivity index (χ3n) is 1.60. The third-order valence-corrected chi connectivity index (χ3v) is 2.14. The van der Waals surface area contributed by atoms with Gasteiger partial charge in [-0.3, -0.25) is 4.98 Å². The van der Waals surface area contributed by atoms with Crippen molar-refractivity contribution in [3.8, 4) is 11.5 Å². The Kier molecular flexibility index (Phi) is 3.43. The lowest BCUT2D eigenvalue weighted by molar-refractivity contribution is -0.275. The summed E-state index contributed by atoms with van der Waals surface area (Å²) in [6.45, 7) is 1.37. The van der Waals surface area contributed by atoms with Gasteiger partial charge in [0.15, 0.2) is 11.5 Å². The van der Waals surface area contributed by atoms with E-state index in [0.29, 0.717) is 0 Å². The molecule has 15 heavy (non-hydrogen) atoms. The summed E-state index contributed by atoms with van der Waals surface area (Å²) in [5.41, 5.74) is 0.217. The van der Waals surface area contributed by atoms with Gasteiger partial charge in [0.1, 0.15) is 0 Å². The summed E-state index contributed by atoms with van der Waals surface area (Å²) in [5.74, 6) is -1.20. The van der Waals surface area contributed by atoms with Crippen molar-refractivity contribution < 1.29 is 23.0 Å². The van der Waals surface area contributed by atoms with Crippen LogP contribution in [0.5, 0.6) is 11.5 Å². The van der Waals surface area contributed by atoms with Crippen molar-refractivity contribution in [3.05, 3.63) is 17.5 Å². The molecule has 1 N–H and O–H groups in total. The highest BCUT2D eigenvalue weighted by atomic mass is 79.9. The van der Waals surface area contributed by atoms with Crippen LogP contribution in [0.2, 0.25) is 0 Å². The lowest BCUT2D eigenvalue weighted by Gasteiger charge is -2.13. The van der Waals surface area contributed by atoms with Crippen LogP contribution in [0.25, 0.3) is 0 Å². The number of rotatable bonds is 2. The molecule has 0 aliphatic carbocycles. The number of aromatic hydroxyl groups is 1. The molecule has 0 saturated carbocycles. The third kappa shape index (κ3) is 2.98. The van der Waals surface area contributed by atoms with Crippen LogP contribution in [-0.4, -0.2) is 16.5 Å². The van der Waals surface area contributed by atoms with Gasteiger partial charge in [0.2, 0.25) is 0 Å². The Morgan fingerprint density at radius 2 is 2.13 bits per heavy atom. The van der Waals surface area contributed by atoms with E-state index in [9.17, 15) is 18.3 Å². The minimum absolute atomic E-state index is 0.0971. The molecule has 1 rings (SSSR count). The topological polar surface area (TPSA) is 42.4 Å². The SMILES string of the molecule is Cc1cnc(CBr)c(O)c1OC(F)(F)F. The molecule has 0 unspecified atom stereocenters. The number of aryl methyl sites for hydroxylation is 1. The van der Waals surface area contributed by atoms with E-state index in [2.05, 4.69) is 25.7 Å². The van der Waals surface area contributed by atoms with Gasteiger partial charge in [-0.25, -0.2) is 0 Å². The molecule has 1 heterocycles. The van der Waals surface area contributed by atoms with Gasteiger partial charge < -0.3 is 9.84 Å². The monoisotopic (exact) mass is 285 g/mol. The highest BCUT2D eigenvalue weighted by Crippen LogP contribution is 2.36. The van der Waals surface area contributed by atoms with Crippen molar-refractivity contribution in [2.45, 2.75) is 18.6 Å². The number of nitrogens with zero attached hydrogens (tertiary/aromatic N) is 1. The first-order valence-corrected chi connectivity index (χ1v) is 4.96. The van der Waals surface area contributed by atoms with Gasteiger partial charge in [0.05, 0.1) is 5.69 Å². The molecule has 0 fully saturated rings. The van der Waals surface area contributed by atoms with E-state index in [4.69, 9.17) is 0 Å². The fourth-order valence-corrected chi connectivity index (χ4v) is 1.37. The predicted molar refractivity (Wildman–Crippen MR) is 50.0 cm³/mol. The second-order valence-electron chi connectivity index (χ2n) is 2.75. The van der Waals surface area contributed by atoms with Gasteiger partial charge in [-0.2, -0.15) is 0 Å². The summed E-state index contributed by atoms with van der Waals surface area (Å²) < 4.78 is 39.6. The molecule has 0 aliphatic rings. The summed E-state index contributed by atoms with van der Waals surface area (Å²) in [6.07, 6.45) is -3.62. The molecule has 0 bridgehead atoms. The van der Waals surface area contributed by atoms with Gasteiger partial charge in [0, 0.05) is 17.1 Å². The number of ether oxygens (including phenoxy) is 1. The number of pyridine rings is 1. The van der Waals surface area contributed by atoms with Crippen molar-refractivity contribution in [2.24, 2.45) is 0 Å². The highest BCUT2D eigenvalue weighted by molar-refractivity contribution is 9.08. The zero-order valence-corrected chi connectivity index (χ0v) is 9.18. The van der Waals surface area contributed by atoms with E-state index >= 15 is 0 Å². The van der Waals surface area contributed by atoms with E-state index in [-0.39, 0.29) is 16.6 Å². The van der Waals surface area contributed by atoms with E-state index in [0.717, 1.165) is 0 Å². The maximum atomic E-state index is 12.0. The normalized spacial score (nSPS) is 11.5. The number of hydrogen-bond acceptors (Lipinski definition) is 3. The van der Waals surface area contributed by atoms with E-state index in [1.807, 2.05) is 0 Å². The first kappa shape index (κ1) is 12.1. The Labute approximate surface area is 92.0 Å². The summed E-state index contributed by atoms with van der Waals surface area (Å²) in [6, 6.07) is 0. The first-order valence-electron chi connectivity index (χ1n) is 3.84. The molecule has 1 aromatic rings. The molecule has 0 atom stereocenters. The molecular weight excluding hydrogens is 279 g/mol. The number of halogens is 4. The molecule has 0 amide bonds. The Hall–Kier alpha value is -0.980. The second-order valence-corrected chi connectivity index (χ2v) is 3.31.